The Morgan fingerprint density at radius 1 is 0.846 bits per heavy atom. The molecule has 8 nitrogen and oxygen atoms in total. The van der Waals surface area contributed by atoms with Crippen molar-refractivity contribution in [2.75, 3.05) is 30.6 Å². The number of alkyl halides is 1. The van der Waals surface area contributed by atoms with Crippen LogP contribution in [0.15, 0.2) is 36.4 Å². The van der Waals surface area contributed by atoms with Crippen LogP contribution in [0.5, 0.6) is 11.5 Å². The van der Waals surface area contributed by atoms with Gasteiger partial charge in [0.2, 0.25) is 0 Å². The van der Waals surface area contributed by atoms with Gasteiger partial charge in [0.25, 0.3) is 0 Å². The third-order valence-electron chi connectivity index (χ3n) is 5.87. The molecule has 0 heterocycles. The molecular formula is C27H33Cl3O8S. The van der Waals surface area contributed by atoms with Crippen LogP contribution < -0.4 is 9.47 Å². The highest BCUT2D eigenvalue weighted by molar-refractivity contribution is 7.91. The van der Waals surface area contributed by atoms with Crippen LogP contribution in [-0.2, 0) is 34.3 Å². The molecule has 2 atom stereocenters. The van der Waals surface area contributed by atoms with Gasteiger partial charge < -0.3 is 18.9 Å². The Morgan fingerprint density at radius 3 is 1.67 bits per heavy atom. The minimum Gasteiger partial charge on any atom is -0.488 e. The standard InChI is InChI=1S/C27H33Cl3O8S/c1-6-39(33,34)16-22(38-18(3)32)15-36-26-10-8-20(12-24(26)30)27(4,5)19-7-9-25(23(29)11-19)35-14-21(13-28)37-17(2)31/h7-12,21-22H,6,13-16H2,1-5H3/t21-,22-/m1/s1. The van der Waals surface area contributed by atoms with E-state index < -0.39 is 39.4 Å². The lowest BCUT2D eigenvalue weighted by Crippen LogP contribution is -2.32. The van der Waals surface area contributed by atoms with Crippen LogP contribution in [-0.4, -0.2) is 63.2 Å². The largest absolute Gasteiger partial charge is 0.488 e. The van der Waals surface area contributed by atoms with Gasteiger partial charge in [-0.3, -0.25) is 9.59 Å². The number of hydrogen-bond acceptors (Lipinski definition) is 8. The summed E-state index contributed by atoms with van der Waals surface area (Å²) in [6.07, 6.45) is -1.56. The van der Waals surface area contributed by atoms with E-state index in [9.17, 15) is 18.0 Å². The summed E-state index contributed by atoms with van der Waals surface area (Å²) in [5, 5.41) is 0.686. The van der Waals surface area contributed by atoms with Crippen molar-refractivity contribution >= 4 is 56.6 Å². The quantitative estimate of drug-likeness (QED) is 0.197. The fraction of sp³-hybridized carbons (Fsp3) is 0.481. The van der Waals surface area contributed by atoms with Crippen molar-refractivity contribution in [1.29, 1.82) is 0 Å². The first-order valence-electron chi connectivity index (χ1n) is 12.1. The Labute approximate surface area is 244 Å². The Bertz CT molecular complexity index is 1260. The summed E-state index contributed by atoms with van der Waals surface area (Å²) in [7, 11) is -3.39. The third-order valence-corrected chi connectivity index (χ3v) is 8.57. The topological polar surface area (TPSA) is 105 Å². The molecule has 0 aliphatic heterocycles. The van der Waals surface area contributed by atoms with E-state index in [1.165, 1.54) is 20.8 Å². The highest BCUT2D eigenvalue weighted by Crippen LogP contribution is 2.38. The fourth-order valence-corrected chi connectivity index (χ4v) is 5.23. The average Bonchev–Trinajstić information content (AvgIpc) is 2.85. The molecule has 12 heteroatoms. The van der Waals surface area contributed by atoms with Crippen molar-refractivity contribution in [2.45, 2.75) is 52.2 Å². The van der Waals surface area contributed by atoms with Gasteiger partial charge in [-0.25, -0.2) is 8.42 Å². The monoisotopic (exact) mass is 622 g/mol. The van der Waals surface area contributed by atoms with Crippen molar-refractivity contribution in [1.82, 2.24) is 0 Å². The van der Waals surface area contributed by atoms with Gasteiger partial charge in [-0.2, -0.15) is 0 Å². The molecule has 0 unspecified atom stereocenters. The number of carbonyl (C=O) groups excluding carboxylic acids is 2. The lowest BCUT2D eigenvalue weighted by atomic mass is 9.78. The zero-order valence-corrected chi connectivity index (χ0v) is 25.5. The maximum atomic E-state index is 12.0. The molecule has 2 aromatic rings. The van der Waals surface area contributed by atoms with Crippen molar-refractivity contribution in [3.8, 4) is 11.5 Å². The van der Waals surface area contributed by atoms with Crippen molar-refractivity contribution in [2.24, 2.45) is 0 Å². The highest BCUT2D eigenvalue weighted by Gasteiger charge is 2.26. The molecule has 2 rings (SSSR count). The SMILES string of the molecule is CCS(=O)(=O)C[C@@H](COc1ccc(C(C)(C)c2ccc(OC[C@@H](CCl)OC(C)=O)c(Cl)c2)cc1Cl)OC(C)=O. The molecular weight excluding hydrogens is 591 g/mol. The second kappa shape index (κ2) is 14.4. The Kier molecular flexibility index (Phi) is 12.2. The summed E-state index contributed by atoms with van der Waals surface area (Å²) in [5.74, 6) is -0.631. The summed E-state index contributed by atoms with van der Waals surface area (Å²) >= 11 is 18.8. The molecule has 0 aliphatic rings. The van der Waals surface area contributed by atoms with Crippen LogP contribution in [0.3, 0.4) is 0 Å². The molecule has 0 radical (unpaired) electrons. The van der Waals surface area contributed by atoms with Crippen LogP contribution in [0.1, 0.15) is 45.7 Å². The van der Waals surface area contributed by atoms with E-state index in [4.69, 9.17) is 53.8 Å². The molecule has 2 aromatic carbocycles. The summed E-state index contributed by atoms with van der Waals surface area (Å²) < 4.78 is 45.7. The van der Waals surface area contributed by atoms with Crippen molar-refractivity contribution in [3.05, 3.63) is 57.6 Å². The van der Waals surface area contributed by atoms with E-state index in [1.807, 2.05) is 26.0 Å². The number of hydrogen-bond donors (Lipinski definition) is 0. The molecule has 0 N–H and O–H groups in total. The van der Waals surface area contributed by atoms with Crippen molar-refractivity contribution in [3.63, 3.8) is 0 Å². The zero-order chi connectivity index (χ0) is 29.4. The summed E-state index contributed by atoms with van der Waals surface area (Å²) in [4.78, 5) is 22.6. The Morgan fingerprint density at radius 2 is 1.28 bits per heavy atom. The molecule has 39 heavy (non-hydrogen) atoms. The van der Waals surface area contributed by atoms with E-state index in [1.54, 1.807) is 24.3 Å². The van der Waals surface area contributed by atoms with E-state index in [0.717, 1.165) is 11.1 Å². The average molecular weight is 624 g/mol. The van der Waals surface area contributed by atoms with Crippen LogP contribution in [0.25, 0.3) is 0 Å². The van der Waals surface area contributed by atoms with Crippen LogP contribution in [0.4, 0.5) is 0 Å². The van der Waals surface area contributed by atoms with E-state index in [2.05, 4.69) is 0 Å². The Balaban J connectivity index is 2.16. The maximum Gasteiger partial charge on any atom is 0.303 e. The predicted octanol–water partition coefficient (Wildman–Crippen LogP) is 5.61. The molecule has 0 saturated carbocycles. The molecule has 0 aromatic heterocycles. The van der Waals surface area contributed by atoms with Gasteiger partial charge in [0, 0.05) is 25.0 Å². The molecule has 216 valence electrons. The van der Waals surface area contributed by atoms with Crippen LogP contribution >= 0.6 is 34.8 Å². The molecule has 0 bridgehead atoms. The third kappa shape index (κ3) is 10.0. The molecule has 0 amide bonds. The van der Waals surface area contributed by atoms with Crippen LogP contribution in [0.2, 0.25) is 10.0 Å². The van der Waals surface area contributed by atoms with E-state index in [0.29, 0.717) is 21.5 Å². The van der Waals surface area contributed by atoms with Gasteiger partial charge in [-0.05, 0) is 35.4 Å². The second-order valence-electron chi connectivity index (χ2n) is 9.35. The number of esters is 2. The first kappa shape index (κ1) is 33.0. The minimum absolute atomic E-state index is 0.0608. The van der Waals surface area contributed by atoms with Gasteiger partial charge in [-0.15, -0.1) is 11.6 Å². The molecule has 0 spiro atoms. The summed E-state index contributed by atoms with van der Waals surface area (Å²) in [5.41, 5.74) is 1.24. The zero-order valence-electron chi connectivity index (χ0n) is 22.5. The number of sulfone groups is 1. The number of carbonyl (C=O) groups is 2. The maximum absolute atomic E-state index is 12.0. The lowest BCUT2D eigenvalue weighted by Gasteiger charge is -2.27. The minimum atomic E-state index is -3.39. The highest BCUT2D eigenvalue weighted by atomic mass is 35.5. The molecule has 0 fully saturated rings. The van der Waals surface area contributed by atoms with Gasteiger partial charge in [0.05, 0.1) is 21.7 Å². The normalized spacial score (nSPS) is 13.3. The lowest BCUT2D eigenvalue weighted by molar-refractivity contribution is -0.147. The number of ether oxygens (including phenoxy) is 4. The molecule has 0 aliphatic carbocycles. The number of halogens is 3. The number of rotatable bonds is 14. The first-order chi connectivity index (χ1) is 18.2. The summed E-state index contributed by atoms with van der Waals surface area (Å²) in [6, 6.07) is 10.7. The van der Waals surface area contributed by atoms with Gasteiger partial charge >= 0.3 is 11.9 Å². The molecule has 0 saturated heterocycles. The van der Waals surface area contributed by atoms with Gasteiger partial charge in [0.15, 0.2) is 9.84 Å². The Hall–Kier alpha value is -2.20. The fourth-order valence-electron chi connectivity index (χ4n) is 3.64. The van der Waals surface area contributed by atoms with Gasteiger partial charge in [0.1, 0.15) is 36.9 Å². The predicted molar refractivity (Wildman–Crippen MR) is 152 cm³/mol. The van der Waals surface area contributed by atoms with E-state index in [-0.39, 0.29) is 30.6 Å². The smallest absolute Gasteiger partial charge is 0.303 e. The van der Waals surface area contributed by atoms with Gasteiger partial charge in [-0.1, -0.05) is 56.1 Å². The number of benzene rings is 2. The second-order valence-corrected chi connectivity index (χ2v) is 12.9. The summed E-state index contributed by atoms with van der Waals surface area (Å²) in [6.45, 7) is 7.93. The van der Waals surface area contributed by atoms with E-state index >= 15 is 0 Å². The first-order valence-corrected chi connectivity index (χ1v) is 15.3. The van der Waals surface area contributed by atoms with Crippen LogP contribution in [0, 0.1) is 0 Å². The van der Waals surface area contributed by atoms with Crippen molar-refractivity contribution < 1.29 is 37.0 Å².